The highest BCUT2D eigenvalue weighted by Gasteiger charge is 2.18. The smallest absolute Gasteiger partial charge is 0.313 e. The van der Waals surface area contributed by atoms with Crippen molar-refractivity contribution >= 4 is 23.4 Å². The first kappa shape index (κ1) is 21.8. The van der Waals surface area contributed by atoms with Crippen molar-refractivity contribution in [2.45, 2.75) is 26.9 Å². The maximum absolute atomic E-state index is 12.6. The number of carbonyl (C=O) groups is 3. The summed E-state index contributed by atoms with van der Waals surface area (Å²) in [5.41, 5.74) is 4.63. The third kappa shape index (κ3) is 6.02. The zero-order valence-electron chi connectivity index (χ0n) is 17.6. The molecule has 3 amide bonds. The summed E-state index contributed by atoms with van der Waals surface area (Å²) >= 11 is 0. The summed E-state index contributed by atoms with van der Waals surface area (Å²) in [6.45, 7) is 4.54. The highest BCUT2D eigenvalue weighted by molar-refractivity contribution is 6.40. The van der Waals surface area contributed by atoms with Crippen molar-refractivity contribution in [3.63, 3.8) is 0 Å². The maximum Gasteiger partial charge on any atom is 0.313 e. The summed E-state index contributed by atoms with van der Waals surface area (Å²) in [6.07, 6.45) is 0. The monoisotopic (exact) mass is 415 g/mol. The van der Waals surface area contributed by atoms with Crippen LogP contribution in [0.4, 0.5) is 5.69 Å². The molecule has 0 radical (unpaired) electrons. The molecule has 3 aromatic carbocycles. The quantitative estimate of drug-likeness (QED) is 0.539. The van der Waals surface area contributed by atoms with E-state index in [0.29, 0.717) is 6.54 Å². The molecule has 3 rings (SSSR count). The van der Waals surface area contributed by atoms with Gasteiger partial charge in [-0.3, -0.25) is 14.4 Å². The number of benzene rings is 3. The number of rotatable bonds is 6. The van der Waals surface area contributed by atoms with Crippen LogP contribution in [0.2, 0.25) is 0 Å². The Morgan fingerprint density at radius 3 is 2.13 bits per heavy atom. The lowest BCUT2D eigenvalue weighted by atomic mass is 10.1. The average Bonchev–Trinajstić information content (AvgIpc) is 2.78. The van der Waals surface area contributed by atoms with Crippen LogP contribution in [0.5, 0.6) is 0 Å². The molecule has 0 heterocycles. The van der Waals surface area contributed by atoms with Crippen molar-refractivity contribution in [2.24, 2.45) is 0 Å². The molecule has 0 spiro atoms. The standard InChI is InChI=1S/C25H25N3O3/c1-17-11-13-19(14-12-17)15-26-23(29)21-9-5-6-10-22(21)28-25(31)24(30)27-16-20-8-4-3-7-18(20)2/h3-14H,15-16H2,1-2H3,(H,26,29)(H,27,30)(H,28,31). The van der Waals surface area contributed by atoms with Gasteiger partial charge in [-0.05, 0) is 42.7 Å². The second-order valence-corrected chi connectivity index (χ2v) is 7.28. The van der Waals surface area contributed by atoms with Crippen molar-refractivity contribution in [3.05, 3.63) is 101 Å². The Kier molecular flexibility index (Phi) is 7.17. The van der Waals surface area contributed by atoms with Gasteiger partial charge in [0.25, 0.3) is 5.91 Å². The number of carbonyl (C=O) groups excluding carboxylic acids is 3. The van der Waals surface area contributed by atoms with Gasteiger partial charge in [0.1, 0.15) is 0 Å². The first-order valence-corrected chi connectivity index (χ1v) is 10.0. The van der Waals surface area contributed by atoms with E-state index in [9.17, 15) is 14.4 Å². The van der Waals surface area contributed by atoms with Gasteiger partial charge in [-0.2, -0.15) is 0 Å². The molecule has 0 bridgehead atoms. The van der Waals surface area contributed by atoms with Crippen LogP contribution in [0, 0.1) is 13.8 Å². The number of anilines is 1. The lowest BCUT2D eigenvalue weighted by molar-refractivity contribution is -0.136. The van der Waals surface area contributed by atoms with Gasteiger partial charge < -0.3 is 16.0 Å². The lowest BCUT2D eigenvalue weighted by Crippen LogP contribution is -2.35. The fourth-order valence-corrected chi connectivity index (χ4v) is 3.02. The summed E-state index contributed by atoms with van der Waals surface area (Å²) in [6, 6.07) is 22.0. The van der Waals surface area contributed by atoms with E-state index in [1.165, 1.54) is 0 Å². The molecule has 3 aromatic rings. The first-order chi connectivity index (χ1) is 14.9. The molecule has 3 N–H and O–H groups in total. The zero-order valence-corrected chi connectivity index (χ0v) is 17.6. The number of hydrogen-bond acceptors (Lipinski definition) is 3. The molecule has 0 unspecified atom stereocenters. The second kappa shape index (κ2) is 10.2. The number of nitrogens with one attached hydrogen (secondary N) is 3. The summed E-state index contributed by atoms with van der Waals surface area (Å²) in [7, 11) is 0. The van der Waals surface area contributed by atoms with Gasteiger partial charge >= 0.3 is 11.8 Å². The third-order valence-corrected chi connectivity index (χ3v) is 4.90. The molecule has 0 aliphatic heterocycles. The van der Waals surface area contributed by atoms with Crippen LogP contribution in [0.1, 0.15) is 32.6 Å². The summed E-state index contributed by atoms with van der Waals surface area (Å²) < 4.78 is 0. The topological polar surface area (TPSA) is 87.3 Å². The van der Waals surface area contributed by atoms with Gasteiger partial charge in [0.05, 0.1) is 11.3 Å². The summed E-state index contributed by atoms with van der Waals surface area (Å²) in [4.78, 5) is 37.2. The van der Waals surface area contributed by atoms with Gasteiger partial charge in [0.2, 0.25) is 0 Å². The minimum atomic E-state index is -0.827. The van der Waals surface area contributed by atoms with E-state index in [1.807, 2.05) is 62.4 Å². The molecule has 6 heteroatoms. The fourth-order valence-electron chi connectivity index (χ4n) is 3.02. The van der Waals surface area contributed by atoms with Crippen molar-refractivity contribution in [3.8, 4) is 0 Å². The Morgan fingerprint density at radius 2 is 1.39 bits per heavy atom. The molecule has 0 fully saturated rings. The van der Waals surface area contributed by atoms with Gasteiger partial charge in [-0.1, -0.05) is 66.2 Å². The van der Waals surface area contributed by atoms with E-state index in [4.69, 9.17) is 0 Å². The second-order valence-electron chi connectivity index (χ2n) is 7.28. The molecule has 0 aromatic heterocycles. The van der Waals surface area contributed by atoms with Crippen LogP contribution < -0.4 is 16.0 Å². The molecule has 0 atom stereocenters. The Balaban J connectivity index is 1.60. The van der Waals surface area contributed by atoms with Crippen LogP contribution in [-0.2, 0) is 22.7 Å². The average molecular weight is 415 g/mol. The third-order valence-electron chi connectivity index (χ3n) is 4.90. The van der Waals surface area contributed by atoms with E-state index in [1.54, 1.807) is 24.3 Å². The van der Waals surface area contributed by atoms with E-state index in [2.05, 4.69) is 16.0 Å². The molecular formula is C25H25N3O3. The van der Waals surface area contributed by atoms with Crippen molar-refractivity contribution in [2.75, 3.05) is 5.32 Å². The van der Waals surface area contributed by atoms with Crippen molar-refractivity contribution in [1.82, 2.24) is 10.6 Å². The molecule has 6 nitrogen and oxygen atoms in total. The molecule has 0 aliphatic rings. The Hall–Kier alpha value is -3.93. The predicted octanol–water partition coefficient (Wildman–Crippen LogP) is 3.49. The van der Waals surface area contributed by atoms with E-state index >= 15 is 0 Å². The Morgan fingerprint density at radius 1 is 0.710 bits per heavy atom. The number of aryl methyl sites for hydroxylation is 2. The van der Waals surface area contributed by atoms with Crippen LogP contribution in [0.15, 0.2) is 72.8 Å². The molecule has 0 saturated heterocycles. The molecule has 0 aliphatic carbocycles. The molecule has 0 saturated carbocycles. The normalized spacial score (nSPS) is 10.3. The lowest BCUT2D eigenvalue weighted by Gasteiger charge is -2.12. The minimum Gasteiger partial charge on any atom is -0.348 e. The minimum absolute atomic E-state index is 0.248. The number of para-hydroxylation sites is 1. The molecule has 31 heavy (non-hydrogen) atoms. The summed E-state index contributed by atoms with van der Waals surface area (Å²) in [5.74, 6) is -1.93. The van der Waals surface area contributed by atoms with Gasteiger partial charge in [0.15, 0.2) is 0 Å². The van der Waals surface area contributed by atoms with Crippen LogP contribution >= 0.6 is 0 Å². The molecular weight excluding hydrogens is 390 g/mol. The zero-order chi connectivity index (χ0) is 22.2. The van der Waals surface area contributed by atoms with E-state index in [-0.39, 0.29) is 23.7 Å². The maximum atomic E-state index is 12.6. The van der Waals surface area contributed by atoms with Crippen LogP contribution in [-0.4, -0.2) is 17.7 Å². The van der Waals surface area contributed by atoms with Crippen molar-refractivity contribution < 1.29 is 14.4 Å². The van der Waals surface area contributed by atoms with Gasteiger partial charge in [0, 0.05) is 13.1 Å². The van der Waals surface area contributed by atoms with E-state index < -0.39 is 11.8 Å². The number of hydrogen-bond donors (Lipinski definition) is 3. The van der Waals surface area contributed by atoms with Gasteiger partial charge in [-0.15, -0.1) is 0 Å². The number of amides is 3. The highest BCUT2D eigenvalue weighted by atomic mass is 16.2. The Labute approximate surface area is 181 Å². The summed E-state index contributed by atoms with van der Waals surface area (Å²) in [5, 5.41) is 7.98. The Bertz CT molecular complexity index is 1090. The van der Waals surface area contributed by atoms with Crippen LogP contribution in [0.25, 0.3) is 0 Å². The fraction of sp³-hybridized carbons (Fsp3) is 0.160. The largest absolute Gasteiger partial charge is 0.348 e. The van der Waals surface area contributed by atoms with Crippen molar-refractivity contribution in [1.29, 1.82) is 0 Å². The predicted molar refractivity (Wildman–Crippen MR) is 120 cm³/mol. The SMILES string of the molecule is Cc1ccc(CNC(=O)c2ccccc2NC(=O)C(=O)NCc2ccccc2C)cc1. The van der Waals surface area contributed by atoms with E-state index in [0.717, 1.165) is 22.3 Å². The van der Waals surface area contributed by atoms with Gasteiger partial charge in [-0.25, -0.2) is 0 Å². The highest BCUT2D eigenvalue weighted by Crippen LogP contribution is 2.15. The van der Waals surface area contributed by atoms with Crippen LogP contribution in [0.3, 0.4) is 0 Å². The molecule has 158 valence electrons. The first-order valence-electron chi connectivity index (χ1n) is 10.0.